The second kappa shape index (κ2) is 9.33. The second-order valence-corrected chi connectivity index (χ2v) is 7.04. The summed E-state index contributed by atoms with van der Waals surface area (Å²) >= 11 is 0. The lowest BCUT2D eigenvalue weighted by atomic mass is 9.94. The van der Waals surface area contributed by atoms with Crippen LogP contribution in [0.2, 0.25) is 0 Å². The van der Waals surface area contributed by atoms with Crippen molar-refractivity contribution in [2.75, 3.05) is 18.4 Å². The SMILES string of the molecule is CC(C(=O)Nc1ccccc1)N1CCC(C(=O)NCc2ccccc2)CC1. The molecule has 5 nitrogen and oxygen atoms in total. The van der Waals surface area contributed by atoms with Gasteiger partial charge in [0.1, 0.15) is 0 Å². The van der Waals surface area contributed by atoms with Crippen LogP contribution >= 0.6 is 0 Å². The Hall–Kier alpha value is -2.66. The van der Waals surface area contributed by atoms with E-state index in [2.05, 4.69) is 15.5 Å². The number of para-hydroxylation sites is 1. The van der Waals surface area contributed by atoms with Crippen molar-refractivity contribution in [3.8, 4) is 0 Å². The molecule has 1 fully saturated rings. The van der Waals surface area contributed by atoms with Crippen molar-refractivity contribution in [2.24, 2.45) is 5.92 Å². The van der Waals surface area contributed by atoms with Gasteiger partial charge in [-0.1, -0.05) is 48.5 Å². The molecule has 1 atom stereocenters. The number of likely N-dealkylation sites (tertiary alicyclic amines) is 1. The lowest BCUT2D eigenvalue weighted by Crippen LogP contribution is -2.48. The van der Waals surface area contributed by atoms with E-state index in [0.717, 1.165) is 37.2 Å². The van der Waals surface area contributed by atoms with Crippen molar-refractivity contribution >= 4 is 17.5 Å². The third-order valence-corrected chi connectivity index (χ3v) is 5.18. The molecule has 27 heavy (non-hydrogen) atoms. The quantitative estimate of drug-likeness (QED) is 0.827. The van der Waals surface area contributed by atoms with Crippen LogP contribution in [0.1, 0.15) is 25.3 Å². The summed E-state index contributed by atoms with van der Waals surface area (Å²) in [6.45, 7) is 4.00. The minimum Gasteiger partial charge on any atom is -0.352 e. The molecule has 1 aliphatic rings. The maximum atomic E-state index is 12.5. The number of nitrogens with one attached hydrogen (secondary N) is 2. The Morgan fingerprint density at radius 3 is 2.22 bits per heavy atom. The molecule has 0 bridgehead atoms. The van der Waals surface area contributed by atoms with Gasteiger partial charge in [-0.3, -0.25) is 14.5 Å². The zero-order valence-electron chi connectivity index (χ0n) is 15.7. The predicted molar refractivity (Wildman–Crippen MR) is 107 cm³/mol. The van der Waals surface area contributed by atoms with E-state index < -0.39 is 0 Å². The zero-order valence-corrected chi connectivity index (χ0v) is 15.7. The number of carbonyl (C=O) groups excluding carboxylic acids is 2. The highest BCUT2D eigenvalue weighted by Gasteiger charge is 2.29. The summed E-state index contributed by atoms with van der Waals surface area (Å²) < 4.78 is 0. The topological polar surface area (TPSA) is 61.4 Å². The van der Waals surface area contributed by atoms with E-state index in [9.17, 15) is 9.59 Å². The summed E-state index contributed by atoms with van der Waals surface area (Å²) in [4.78, 5) is 27.0. The number of amides is 2. The van der Waals surface area contributed by atoms with Gasteiger partial charge in [0.15, 0.2) is 0 Å². The van der Waals surface area contributed by atoms with Crippen molar-refractivity contribution in [3.63, 3.8) is 0 Å². The first-order valence-corrected chi connectivity index (χ1v) is 9.55. The van der Waals surface area contributed by atoms with E-state index in [4.69, 9.17) is 0 Å². The highest BCUT2D eigenvalue weighted by molar-refractivity contribution is 5.94. The van der Waals surface area contributed by atoms with Crippen LogP contribution < -0.4 is 10.6 Å². The first kappa shape index (κ1) is 19.1. The molecule has 1 unspecified atom stereocenters. The van der Waals surface area contributed by atoms with Gasteiger partial charge in [-0.25, -0.2) is 0 Å². The number of rotatable bonds is 6. The maximum Gasteiger partial charge on any atom is 0.241 e. The molecular formula is C22H27N3O2. The molecule has 1 heterocycles. The standard InChI is InChI=1S/C22H27N3O2/c1-17(21(26)24-20-10-6-3-7-11-20)25-14-12-19(13-15-25)22(27)23-16-18-8-4-2-5-9-18/h2-11,17,19H,12-16H2,1H3,(H,23,27)(H,24,26). The fourth-order valence-corrected chi connectivity index (χ4v) is 3.41. The van der Waals surface area contributed by atoms with E-state index >= 15 is 0 Å². The average molecular weight is 365 g/mol. The lowest BCUT2D eigenvalue weighted by Gasteiger charge is -2.34. The van der Waals surface area contributed by atoms with E-state index in [-0.39, 0.29) is 23.8 Å². The monoisotopic (exact) mass is 365 g/mol. The summed E-state index contributed by atoms with van der Waals surface area (Å²) in [7, 11) is 0. The first-order valence-electron chi connectivity index (χ1n) is 9.55. The normalized spacial score (nSPS) is 16.5. The maximum absolute atomic E-state index is 12.5. The highest BCUT2D eigenvalue weighted by Crippen LogP contribution is 2.20. The van der Waals surface area contributed by atoms with Crippen LogP contribution in [0.15, 0.2) is 60.7 Å². The molecule has 0 spiro atoms. The molecule has 1 aliphatic heterocycles. The first-order chi connectivity index (χ1) is 13.1. The van der Waals surface area contributed by atoms with Crippen LogP contribution in [0.4, 0.5) is 5.69 Å². The van der Waals surface area contributed by atoms with Gasteiger partial charge in [0, 0.05) is 18.2 Å². The molecule has 2 amide bonds. The molecule has 2 aromatic carbocycles. The molecular weight excluding hydrogens is 338 g/mol. The highest BCUT2D eigenvalue weighted by atomic mass is 16.2. The molecule has 5 heteroatoms. The second-order valence-electron chi connectivity index (χ2n) is 7.04. The smallest absolute Gasteiger partial charge is 0.241 e. The Labute approximate surface area is 160 Å². The van der Waals surface area contributed by atoms with Crippen LogP contribution in [0.3, 0.4) is 0 Å². The van der Waals surface area contributed by atoms with Crippen LogP contribution in [0.5, 0.6) is 0 Å². The van der Waals surface area contributed by atoms with Gasteiger partial charge in [0.05, 0.1) is 6.04 Å². The largest absolute Gasteiger partial charge is 0.352 e. The van der Waals surface area contributed by atoms with Crippen LogP contribution in [-0.2, 0) is 16.1 Å². The predicted octanol–water partition coefficient (Wildman–Crippen LogP) is 3.04. The number of anilines is 1. The molecule has 3 rings (SSSR count). The van der Waals surface area contributed by atoms with Crippen molar-refractivity contribution in [1.82, 2.24) is 10.2 Å². The van der Waals surface area contributed by atoms with Gasteiger partial charge >= 0.3 is 0 Å². The van der Waals surface area contributed by atoms with Gasteiger partial charge in [-0.15, -0.1) is 0 Å². The Bertz CT molecular complexity index is 741. The third kappa shape index (κ3) is 5.41. The molecule has 0 radical (unpaired) electrons. The van der Waals surface area contributed by atoms with Crippen molar-refractivity contribution in [3.05, 3.63) is 66.2 Å². The van der Waals surface area contributed by atoms with Crippen LogP contribution in [-0.4, -0.2) is 35.8 Å². The summed E-state index contributed by atoms with van der Waals surface area (Å²) in [6, 6.07) is 19.2. The minimum absolute atomic E-state index is 0.00632. The number of carbonyl (C=O) groups is 2. The molecule has 1 saturated heterocycles. The minimum atomic E-state index is -0.210. The molecule has 0 aliphatic carbocycles. The number of benzene rings is 2. The number of nitrogens with zero attached hydrogens (tertiary/aromatic N) is 1. The van der Waals surface area contributed by atoms with Crippen LogP contribution in [0.25, 0.3) is 0 Å². The fraction of sp³-hybridized carbons (Fsp3) is 0.364. The van der Waals surface area contributed by atoms with Crippen molar-refractivity contribution in [2.45, 2.75) is 32.4 Å². The van der Waals surface area contributed by atoms with E-state index in [1.807, 2.05) is 67.6 Å². The van der Waals surface area contributed by atoms with Gasteiger partial charge in [0.25, 0.3) is 0 Å². The molecule has 2 N–H and O–H groups in total. The molecule has 142 valence electrons. The van der Waals surface area contributed by atoms with E-state index in [1.54, 1.807) is 0 Å². The summed E-state index contributed by atoms with van der Waals surface area (Å²) in [5.74, 6) is 0.127. The Balaban J connectivity index is 1.43. The Morgan fingerprint density at radius 2 is 1.59 bits per heavy atom. The third-order valence-electron chi connectivity index (χ3n) is 5.18. The molecule has 0 aromatic heterocycles. The van der Waals surface area contributed by atoms with E-state index in [1.165, 1.54) is 0 Å². The number of hydrogen-bond acceptors (Lipinski definition) is 3. The van der Waals surface area contributed by atoms with Crippen molar-refractivity contribution in [1.29, 1.82) is 0 Å². The number of hydrogen-bond donors (Lipinski definition) is 2. The Kier molecular flexibility index (Phi) is 6.60. The lowest BCUT2D eigenvalue weighted by molar-refractivity contribution is -0.127. The summed E-state index contributed by atoms with van der Waals surface area (Å²) in [5.41, 5.74) is 1.92. The summed E-state index contributed by atoms with van der Waals surface area (Å²) in [6.07, 6.45) is 1.56. The molecule has 0 saturated carbocycles. The van der Waals surface area contributed by atoms with Gasteiger partial charge in [0.2, 0.25) is 11.8 Å². The van der Waals surface area contributed by atoms with Gasteiger partial charge in [-0.05, 0) is 50.6 Å². The van der Waals surface area contributed by atoms with Crippen molar-refractivity contribution < 1.29 is 9.59 Å². The van der Waals surface area contributed by atoms with E-state index in [0.29, 0.717) is 6.54 Å². The Morgan fingerprint density at radius 1 is 1.00 bits per heavy atom. The fourth-order valence-electron chi connectivity index (χ4n) is 3.41. The van der Waals surface area contributed by atoms with Gasteiger partial charge < -0.3 is 10.6 Å². The number of piperidine rings is 1. The zero-order chi connectivity index (χ0) is 19.1. The summed E-state index contributed by atoms with van der Waals surface area (Å²) in [5, 5.41) is 5.98. The van der Waals surface area contributed by atoms with Gasteiger partial charge in [-0.2, -0.15) is 0 Å². The average Bonchev–Trinajstić information content (AvgIpc) is 2.73. The van der Waals surface area contributed by atoms with Crippen LogP contribution in [0, 0.1) is 5.92 Å². The molecule has 2 aromatic rings.